The molecular weight excluding hydrogens is 358 g/mol. The number of rotatable bonds is 3. The number of nitrogens with zero attached hydrogens (tertiary/aromatic N) is 2. The summed E-state index contributed by atoms with van der Waals surface area (Å²) in [6.45, 7) is 2.03. The largest absolute Gasteiger partial charge is 0.481 e. The van der Waals surface area contributed by atoms with E-state index in [0.29, 0.717) is 28.7 Å². The van der Waals surface area contributed by atoms with E-state index in [1.807, 2.05) is 0 Å². The van der Waals surface area contributed by atoms with Gasteiger partial charge in [0.15, 0.2) is 0 Å². The molecule has 0 spiro atoms. The van der Waals surface area contributed by atoms with Gasteiger partial charge in [0.25, 0.3) is 5.69 Å². The SMILES string of the molecule is Cc1c(NC(=O)N2CCC(C(=O)O)C2)cc(Br)cc1[N+](=O)[O-]. The number of nitro groups is 1. The second-order valence-electron chi connectivity index (χ2n) is 5.05. The third kappa shape index (κ3) is 3.35. The molecule has 1 unspecified atom stereocenters. The summed E-state index contributed by atoms with van der Waals surface area (Å²) in [4.78, 5) is 34.9. The van der Waals surface area contributed by atoms with Gasteiger partial charge in [-0.2, -0.15) is 0 Å². The first-order chi connectivity index (χ1) is 10.3. The van der Waals surface area contributed by atoms with Gasteiger partial charge in [-0.25, -0.2) is 4.79 Å². The fraction of sp³-hybridized carbons (Fsp3) is 0.385. The van der Waals surface area contributed by atoms with Gasteiger partial charge < -0.3 is 15.3 Å². The van der Waals surface area contributed by atoms with E-state index < -0.39 is 22.8 Å². The number of halogens is 1. The van der Waals surface area contributed by atoms with E-state index in [9.17, 15) is 19.7 Å². The van der Waals surface area contributed by atoms with Gasteiger partial charge in [-0.1, -0.05) is 15.9 Å². The molecule has 2 rings (SSSR count). The molecule has 2 amide bonds. The molecule has 0 aromatic heterocycles. The lowest BCUT2D eigenvalue weighted by molar-refractivity contribution is -0.385. The third-order valence-corrected chi connectivity index (χ3v) is 4.07. The van der Waals surface area contributed by atoms with Crippen molar-refractivity contribution in [3.05, 3.63) is 32.3 Å². The Hall–Kier alpha value is -2.16. The minimum absolute atomic E-state index is 0.102. The van der Waals surface area contributed by atoms with E-state index in [1.165, 1.54) is 11.0 Å². The number of carboxylic acids is 1. The minimum Gasteiger partial charge on any atom is -0.481 e. The van der Waals surface area contributed by atoms with E-state index in [1.54, 1.807) is 13.0 Å². The molecule has 1 saturated heterocycles. The molecule has 9 heteroatoms. The van der Waals surface area contributed by atoms with Crippen LogP contribution < -0.4 is 5.32 Å². The summed E-state index contributed by atoms with van der Waals surface area (Å²) in [7, 11) is 0. The first-order valence-electron chi connectivity index (χ1n) is 6.53. The van der Waals surface area contributed by atoms with Gasteiger partial charge in [-0.05, 0) is 19.4 Å². The van der Waals surface area contributed by atoms with Gasteiger partial charge >= 0.3 is 12.0 Å². The maximum absolute atomic E-state index is 12.2. The summed E-state index contributed by atoms with van der Waals surface area (Å²) < 4.78 is 0.477. The number of nitro benzene ring substituents is 1. The van der Waals surface area contributed by atoms with Crippen molar-refractivity contribution < 1.29 is 19.6 Å². The molecule has 0 radical (unpaired) electrons. The maximum Gasteiger partial charge on any atom is 0.321 e. The predicted molar refractivity (Wildman–Crippen MR) is 81.9 cm³/mol. The highest BCUT2D eigenvalue weighted by molar-refractivity contribution is 9.10. The smallest absolute Gasteiger partial charge is 0.321 e. The molecule has 0 saturated carbocycles. The molecule has 1 atom stereocenters. The van der Waals surface area contributed by atoms with Crippen LogP contribution in [0.4, 0.5) is 16.2 Å². The fourth-order valence-electron chi connectivity index (χ4n) is 2.32. The molecule has 2 N–H and O–H groups in total. The number of aliphatic carboxylic acids is 1. The zero-order valence-corrected chi connectivity index (χ0v) is 13.3. The van der Waals surface area contributed by atoms with Crippen LogP contribution in [0.5, 0.6) is 0 Å². The Morgan fingerprint density at radius 3 is 2.73 bits per heavy atom. The maximum atomic E-state index is 12.2. The van der Waals surface area contributed by atoms with Crippen molar-refractivity contribution in [3.63, 3.8) is 0 Å². The summed E-state index contributed by atoms with van der Waals surface area (Å²) in [6, 6.07) is 2.48. The molecule has 8 nitrogen and oxygen atoms in total. The van der Waals surface area contributed by atoms with Crippen LogP contribution in [0.2, 0.25) is 0 Å². The first kappa shape index (κ1) is 16.2. The van der Waals surface area contributed by atoms with Crippen LogP contribution in [0.25, 0.3) is 0 Å². The molecule has 0 aliphatic carbocycles. The van der Waals surface area contributed by atoms with Gasteiger partial charge in [0, 0.05) is 23.6 Å². The van der Waals surface area contributed by atoms with Crippen LogP contribution in [0.15, 0.2) is 16.6 Å². The van der Waals surface area contributed by atoms with Crippen LogP contribution in [-0.4, -0.2) is 40.0 Å². The van der Waals surface area contributed by atoms with Crippen molar-refractivity contribution in [1.29, 1.82) is 0 Å². The van der Waals surface area contributed by atoms with E-state index in [0.717, 1.165) is 0 Å². The van der Waals surface area contributed by atoms with Crippen LogP contribution >= 0.6 is 15.9 Å². The number of carbonyl (C=O) groups excluding carboxylic acids is 1. The quantitative estimate of drug-likeness (QED) is 0.626. The zero-order valence-electron chi connectivity index (χ0n) is 11.7. The van der Waals surface area contributed by atoms with Crippen molar-refractivity contribution in [2.45, 2.75) is 13.3 Å². The first-order valence-corrected chi connectivity index (χ1v) is 7.32. The Morgan fingerprint density at radius 2 is 2.18 bits per heavy atom. The topological polar surface area (TPSA) is 113 Å². The average Bonchev–Trinajstić information content (AvgIpc) is 2.92. The van der Waals surface area contributed by atoms with Crippen LogP contribution in [0.3, 0.4) is 0 Å². The molecule has 1 aromatic carbocycles. The number of nitrogens with one attached hydrogen (secondary N) is 1. The standard InChI is InChI=1S/C13H14BrN3O5/c1-7-10(4-9(14)5-11(7)17(21)22)15-13(20)16-3-2-8(6-16)12(18)19/h4-5,8H,2-3,6H2,1H3,(H,15,20)(H,18,19). The normalized spacial score (nSPS) is 17.4. The molecular formula is C13H14BrN3O5. The Balaban J connectivity index is 2.16. The fourth-order valence-corrected chi connectivity index (χ4v) is 2.77. The highest BCUT2D eigenvalue weighted by atomic mass is 79.9. The minimum atomic E-state index is -0.926. The van der Waals surface area contributed by atoms with E-state index in [4.69, 9.17) is 5.11 Å². The molecule has 1 aromatic rings. The number of amides is 2. The number of hydrogen-bond acceptors (Lipinski definition) is 4. The Labute approximate surface area is 134 Å². The summed E-state index contributed by atoms with van der Waals surface area (Å²) in [5.74, 6) is -1.49. The van der Waals surface area contributed by atoms with Crippen molar-refractivity contribution in [2.75, 3.05) is 18.4 Å². The number of hydrogen-bond donors (Lipinski definition) is 2. The number of anilines is 1. The van der Waals surface area contributed by atoms with Crippen LogP contribution in [0.1, 0.15) is 12.0 Å². The Bertz CT molecular complexity index is 649. The molecule has 22 heavy (non-hydrogen) atoms. The lowest BCUT2D eigenvalue weighted by Crippen LogP contribution is -2.34. The molecule has 1 aliphatic rings. The average molecular weight is 372 g/mol. The predicted octanol–water partition coefficient (Wildman–Crippen LogP) is 2.60. The number of carbonyl (C=O) groups is 2. The van der Waals surface area contributed by atoms with Gasteiger partial charge in [0.2, 0.25) is 0 Å². The van der Waals surface area contributed by atoms with Gasteiger partial charge in [-0.3, -0.25) is 14.9 Å². The summed E-state index contributed by atoms with van der Waals surface area (Å²) in [5, 5.41) is 22.5. The Morgan fingerprint density at radius 1 is 1.50 bits per heavy atom. The lowest BCUT2D eigenvalue weighted by atomic mass is 10.1. The summed E-state index contributed by atoms with van der Waals surface area (Å²) >= 11 is 3.17. The van der Waals surface area contributed by atoms with E-state index in [2.05, 4.69) is 21.2 Å². The van der Waals surface area contributed by atoms with Gasteiger partial charge in [-0.15, -0.1) is 0 Å². The van der Waals surface area contributed by atoms with E-state index >= 15 is 0 Å². The molecule has 0 bridgehead atoms. The molecule has 1 aliphatic heterocycles. The van der Waals surface area contributed by atoms with Crippen molar-refractivity contribution in [1.82, 2.24) is 4.90 Å². The zero-order chi connectivity index (χ0) is 16.4. The van der Waals surface area contributed by atoms with Crippen molar-refractivity contribution >= 4 is 39.3 Å². The van der Waals surface area contributed by atoms with Crippen molar-refractivity contribution in [3.8, 4) is 0 Å². The highest BCUT2D eigenvalue weighted by Crippen LogP contribution is 2.30. The molecule has 118 valence electrons. The van der Waals surface area contributed by atoms with Gasteiger partial charge in [0.1, 0.15) is 0 Å². The molecule has 1 fully saturated rings. The lowest BCUT2D eigenvalue weighted by Gasteiger charge is -2.18. The second-order valence-corrected chi connectivity index (χ2v) is 5.97. The highest BCUT2D eigenvalue weighted by Gasteiger charge is 2.31. The number of likely N-dealkylation sites (tertiary alicyclic amines) is 1. The number of carboxylic acid groups (broad SMARTS) is 1. The second kappa shape index (κ2) is 6.30. The summed E-state index contributed by atoms with van der Waals surface area (Å²) in [6.07, 6.45) is 0.403. The van der Waals surface area contributed by atoms with Gasteiger partial charge in [0.05, 0.1) is 22.1 Å². The van der Waals surface area contributed by atoms with Crippen molar-refractivity contribution in [2.24, 2.45) is 5.92 Å². The third-order valence-electron chi connectivity index (χ3n) is 3.61. The summed E-state index contributed by atoms with van der Waals surface area (Å²) in [5.41, 5.74) is 0.565. The molecule has 1 heterocycles. The van der Waals surface area contributed by atoms with E-state index in [-0.39, 0.29) is 12.2 Å². The number of urea groups is 1. The monoisotopic (exact) mass is 371 g/mol. The number of benzene rings is 1. The Kier molecular flexibility index (Phi) is 4.65. The van der Waals surface area contributed by atoms with Crippen LogP contribution in [-0.2, 0) is 4.79 Å². The van der Waals surface area contributed by atoms with Crippen LogP contribution in [0, 0.1) is 23.0 Å².